The van der Waals surface area contributed by atoms with Gasteiger partial charge in [0.25, 0.3) is 0 Å². The first-order valence-electron chi connectivity index (χ1n) is 8.95. The maximum Gasteiger partial charge on any atom is 0.226 e. The van der Waals surface area contributed by atoms with E-state index in [9.17, 15) is 4.39 Å². The van der Waals surface area contributed by atoms with Crippen molar-refractivity contribution in [1.29, 1.82) is 0 Å². The highest BCUT2D eigenvalue weighted by molar-refractivity contribution is 5.61. The minimum Gasteiger partial charge on any atom is -0.378 e. The van der Waals surface area contributed by atoms with Crippen LogP contribution in [-0.4, -0.2) is 49.5 Å². The molecule has 1 unspecified atom stereocenters. The standard InChI is InChI=1S/C18H23FN4O2/c19-15-11-14(2-3-16(15)23-7-9-24-10-8-23)18-21-17(25-22-18)4-1-13-5-6-20-12-13/h2-3,11,13,20H,1,4-10,12H2. The average molecular weight is 346 g/mol. The first-order valence-corrected chi connectivity index (χ1v) is 8.95. The van der Waals surface area contributed by atoms with E-state index in [0.29, 0.717) is 55.2 Å². The predicted molar refractivity (Wildman–Crippen MR) is 92.0 cm³/mol. The second kappa shape index (κ2) is 7.49. The topological polar surface area (TPSA) is 63.4 Å². The molecule has 2 fully saturated rings. The highest BCUT2D eigenvalue weighted by Gasteiger charge is 2.18. The fraction of sp³-hybridized carbons (Fsp3) is 0.556. The lowest BCUT2D eigenvalue weighted by Crippen LogP contribution is -2.36. The van der Waals surface area contributed by atoms with Crippen molar-refractivity contribution in [2.45, 2.75) is 19.3 Å². The first-order chi connectivity index (χ1) is 12.3. The molecule has 4 rings (SSSR count). The number of rotatable bonds is 5. The highest BCUT2D eigenvalue weighted by atomic mass is 19.1. The molecule has 0 amide bonds. The molecule has 0 aliphatic carbocycles. The summed E-state index contributed by atoms with van der Waals surface area (Å²) in [5.41, 5.74) is 1.25. The van der Waals surface area contributed by atoms with Gasteiger partial charge in [-0.3, -0.25) is 0 Å². The van der Waals surface area contributed by atoms with Crippen LogP contribution >= 0.6 is 0 Å². The quantitative estimate of drug-likeness (QED) is 0.896. The fourth-order valence-electron chi connectivity index (χ4n) is 3.47. The lowest BCUT2D eigenvalue weighted by Gasteiger charge is -2.29. The maximum absolute atomic E-state index is 14.5. The molecule has 7 heteroatoms. The second-order valence-corrected chi connectivity index (χ2v) is 6.67. The van der Waals surface area contributed by atoms with E-state index >= 15 is 0 Å². The lowest BCUT2D eigenvalue weighted by atomic mass is 10.0. The van der Waals surface area contributed by atoms with E-state index in [1.807, 2.05) is 11.0 Å². The van der Waals surface area contributed by atoms with Crippen molar-refractivity contribution in [2.24, 2.45) is 5.92 Å². The lowest BCUT2D eigenvalue weighted by molar-refractivity contribution is 0.122. The summed E-state index contributed by atoms with van der Waals surface area (Å²) < 4.78 is 25.2. The number of morpholine rings is 1. The zero-order valence-electron chi connectivity index (χ0n) is 14.2. The molecule has 2 aliphatic heterocycles. The van der Waals surface area contributed by atoms with Crippen molar-refractivity contribution in [3.05, 3.63) is 29.9 Å². The van der Waals surface area contributed by atoms with Crippen LogP contribution in [0.3, 0.4) is 0 Å². The minimum absolute atomic E-state index is 0.261. The number of hydrogen-bond acceptors (Lipinski definition) is 6. The van der Waals surface area contributed by atoms with Crippen LogP contribution in [0.4, 0.5) is 10.1 Å². The highest BCUT2D eigenvalue weighted by Crippen LogP contribution is 2.26. The van der Waals surface area contributed by atoms with Crippen LogP contribution in [0.2, 0.25) is 0 Å². The summed E-state index contributed by atoms with van der Waals surface area (Å²) in [4.78, 5) is 6.43. The summed E-state index contributed by atoms with van der Waals surface area (Å²) >= 11 is 0. The van der Waals surface area contributed by atoms with Crippen molar-refractivity contribution >= 4 is 5.69 Å². The van der Waals surface area contributed by atoms with Gasteiger partial charge in [0, 0.05) is 25.1 Å². The van der Waals surface area contributed by atoms with Gasteiger partial charge in [0.2, 0.25) is 11.7 Å². The number of nitrogens with zero attached hydrogens (tertiary/aromatic N) is 3. The molecule has 1 atom stereocenters. The normalized spacial score (nSPS) is 21.0. The minimum atomic E-state index is -0.261. The fourth-order valence-corrected chi connectivity index (χ4v) is 3.47. The molecular formula is C18H23FN4O2. The van der Waals surface area contributed by atoms with Crippen molar-refractivity contribution in [1.82, 2.24) is 15.5 Å². The zero-order chi connectivity index (χ0) is 17.1. The Morgan fingerprint density at radius 3 is 2.92 bits per heavy atom. The average Bonchev–Trinajstić information content (AvgIpc) is 3.32. The molecule has 0 saturated carbocycles. The van der Waals surface area contributed by atoms with Gasteiger partial charge < -0.3 is 19.5 Å². The van der Waals surface area contributed by atoms with Crippen molar-refractivity contribution in [3.8, 4) is 11.4 Å². The van der Waals surface area contributed by atoms with Gasteiger partial charge in [-0.1, -0.05) is 5.16 Å². The summed E-state index contributed by atoms with van der Waals surface area (Å²) in [6.07, 6.45) is 3.02. The molecule has 134 valence electrons. The van der Waals surface area contributed by atoms with Gasteiger partial charge in [-0.2, -0.15) is 4.98 Å². The number of nitrogens with one attached hydrogen (secondary N) is 1. The molecule has 0 radical (unpaired) electrons. The Kier molecular flexibility index (Phi) is 4.94. The van der Waals surface area contributed by atoms with Gasteiger partial charge in [-0.05, 0) is 50.0 Å². The second-order valence-electron chi connectivity index (χ2n) is 6.67. The van der Waals surface area contributed by atoms with E-state index in [1.165, 1.54) is 12.5 Å². The van der Waals surface area contributed by atoms with Crippen molar-refractivity contribution in [2.75, 3.05) is 44.3 Å². The first kappa shape index (κ1) is 16.5. The monoisotopic (exact) mass is 346 g/mol. The molecule has 0 bridgehead atoms. The van der Waals surface area contributed by atoms with E-state index in [2.05, 4.69) is 15.5 Å². The van der Waals surface area contributed by atoms with Crippen LogP contribution in [-0.2, 0) is 11.2 Å². The molecule has 2 aliphatic rings. The molecule has 0 spiro atoms. The largest absolute Gasteiger partial charge is 0.378 e. The van der Waals surface area contributed by atoms with Crippen LogP contribution in [0.15, 0.2) is 22.7 Å². The molecule has 2 aromatic rings. The summed E-state index contributed by atoms with van der Waals surface area (Å²) in [7, 11) is 0. The van der Waals surface area contributed by atoms with E-state index < -0.39 is 0 Å². The van der Waals surface area contributed by atoms with Crippen LogP contribution < -0.4 is 10.2 Å². The van der Waals surface area contributed by atoms with E-state index in [0.717, 1.165) is 25.9 Å². The smallest absolute Gasteiger partial charge is 0.226 e. The number of hydrogen-bond donors (Lipinski definition) is 1. The number of ether oxygens (including phenoxy) is 1. The van der Waals surface area contributed by atoms with Gasteiger partial charge in [-0.25, -0.2) is 4.39 Å². The number of anilines is 1. The zero-order valence-corrected chi connectivity index (χ0v) is 14.2. The molecule has 6 nitrogen and oxygen atoms in total. The third kappa shape index (κ3) is 3.82. The molecule has 1 aromatic heterocycles. The molecule has 1 N–H and O–H groups in total. The van der Waals surface area contributed by atoms with Gasteiger partial charge >= 0.3 is 0 Å². The third-order valence-electron chi connectivity index (χ3n) is 4.95. The van der Waals surface area contributed by atoms with Crippen molar-refractivity contribution < 1.29 is 13.7 Å². The molecule has 2 saturated heterocycles. The van der Waals surface area contributed by atoms with Crippen LogP contribution in [0.5, 0.6) is 0 Å². The van der Waals surface area contributed by atoms with E-state index in [4.69, 9.17) is 9.26 Å². The van der Waals surface area contributed by atoms with Gasteiger partial charge in [0.15, 0.2) is 0 Å². The Morgan fingerprint density at radius 1 is 1.28 bits per heavy atom. The summed E-state index contributed by atoms with van der Waals surface area (Å²) in [6, 6.07) is 5.12. The third-order valence-corrected chi connectivity index (χ3v) is 4.95. The van der Waals surface area contributed by atoms with Gasteiger partial charge in [0.1, 0.15) is 5.82 Å². The summed E-state index contributed by atoms with van der Waals surface area (Å²) in [6.45, 7) is 4.83. The SMILES string of the molecule is Fc1cc(-c2noc(CCC3CCNC3)n2)ccc1N1CCOCC1. The van der Waals surface area contributed by atoms with Gasteiger partial charge in [-0.15, -0.1) is 0 Å². The molecule has 25 heavy (non-hydrogen) atoms. The van der Waals surface area contributed by atoms with Crippen LogP contribution in [0, 0.1) is 11.7 Å². The maximum atomic E-state index is 14.5. The number of aromatic nitrogens is 2. The number of aryl methyl sites for hydroxylation is 1. The molecule has 1 aromatic carbocycles. The molecular weight excluding hydrogens is 323 g/mol. The number of halogens is 1. The summed E-state index contributed by atoms with van der Waals surface area (Å²) in [5, 5.41) is 7.37. The van der Waals surface area contributed by atoms with Crippen LogP contribution in [0.1, 0.15) is 18.7 Å². The Hall–Kier alpha value is -1.99. The van der Waals surface area contributed by atoms with E-state index in [1.54, 1.807) is 6.07 Å². The van der Waals surface area contributed by atoms with Gasteiger partial charge in [0.05, 0.1) is 18.9 Å². The molecule has 3 heterocycles. The number of benzene rings is 1. The van der Waals surface area contributed by atoms with E-state index in [-0.39, 0.29) is 5.82 Å². The Morgan fingerprint density at radius 2 is 2.16 bits per heavy atom. The summed E-state index contributed by atoms with van der Waals surface area (Å²) in [5.74, 6) is 1.50. The van der Waals surface area contributed by atoms with Crippen molar-refractivity contribution in [3.63, 3.8) is 0 Å². The van der Waals surface area contributed by atoms with Crippen LogP contribution in [0.25, 0.3) is 11.4 Å². The predicted octanol–water partition coefficient (Wildman–Crippen LogP) is 2.25. The Balaban J connectivity index is 1.43. The Bertz CT molecular complexity index is 709. The Labute approximate surface area is 146 Å².